The minimum atomic E-state index is -1.02. The second-order valence-corrected chi connectivity index (χ2v) is 7.11. The van der Waals surface area contributed by atoms with Crippen molar-refractivity contribution in [2.75, 3.05) is 5.32 Å². The molecule has 2 aliphatic carbocycles. The van der Waals surface area contributed by atoms with E-state index in [0.717, 1.165) is 11.8 Å². The third-order valence-electron chi connectivity index (χ3n) is 4.92. The number of carboxylic acid groups (broad SMARTS) is 1. The van der Waals surface area contributed by atoms with Gasteiger partial charge in [-0.25, -0.2) is 9.59 Å². The normalized spacial score (nSPS) is 28.3. The Kier molecular flexibility index (Phi) is 3.89. The lowest BCUT2D eigenvalue weighted by atomic mass is 9.84. The van der Waals surface area contributed by atoms with Crippen molar-refractivity contribution < 1.29 is 14.7 Å². The highest BCUT2D eigenvalue weighted by Crippen LogP contribution is 2.49. The molecule has 0 spiro atoms. The fraction of sp³-hybridized carbons (Fsp3) is 0.600. The lowest BCUT2D eigenvalue weighted by Gasteiger charge is -2.28. The first-order chi connectivity index (χ1) is 10.0. The van der Waals surface area contributed by atoms with E-state index in [1.807, 2.05) is 0 Å². The Bertz CT molecular complexity index is 557. The van der Waals surface area contributed by atoms with Crippen LogP contribution in [0.25, 0.3) is 0 Å². The number of anilines is 1. The van der Waals surface area contributed by atoms with Gasteiger partial charge in [0.2, 0.25) is 0 Å². The Morgan fingerprint density at radius 1 is 1.38 bits per heavy atom. The summed E-state index contributed by atoms with van der Waals surface area (Å²) in [6.45, 7) is 2.05. The molecule has 114 valence electrons. The second-order valence-electron chi connectivity index (χ2n) is 6.19. The zero-order chi connectivity index (χ0) is 15.0. The van der Waals surface area contributed by atoms with Gasteiger partial charge in [0, 0.05) is 6.04 Å². The van der Waals surface area contributed by atoms with E-state index in [1.165, 1.54) is 43.1 Å². The number of carboxylic acids is 1. The average molecular weight is 308 g/mol. The van der Waals surface area contributed by atoms with Crippen LogP contribution in [-0.2, 0) is 0 Å². The molecule has 6 heteroatoms. The first-order valence-corrected chi connectivity index (χ1v) is 8.31. The van der Waals surface area contributed by atoms with Gasteiger partial charge in [-0.15, -0.1) is 11.3 Å². The number of carbonyl (C=O) groups excluding carboxylic acids is 1. The van der Waals surface area contributed by atoms with E-state index >= 15 is 0 Å². The molecule has 0 radical (unpaired) electrons. The van der Waals surface area contributed by atoms with Crippen molar-refractivity contribution in [2.45, 2.75) is 38.6 Å². The molecule has 0 saturated heterocycles. The monoisotopic (exact) mass is 308 g/mol. The Morgan fingerprint density at radius 3 is 2.81 bits per heavy atom. The summed E-state index contributed by atoms with van der Waals surface area (Å²) in [6, 6.07) is 1.32. The van der Waals surface area contributed by atoms with Crippen molar-refractivity contribution in [3.63, 3.8) is 0 Å². The van der Waals surface area contributed by atoms with E-state index in [4.69, 9.17) is 5.11 Å². The van der Waals surface area contributed by atoms with Crippen LogP contribution in [0.5, 0.6) is 0 Å². The van der Waals surface area contributed by atoms with Gasteiger partial charge in [0.25, 0.3) is 0 Å². The number of nitrogens with one attached hydrogen (secondary N) is 2. The molecule has 0 aliphatic heterocycles. The van der Waals surface area contributed by atoms with Crippen molar-refractivity contribution in [2.24, 2.45) is 17.8 Å². The van der Waals surface area contributed by atoms with Crippen molar-refractivity contribution >= 4 is 28.3 Å². The Labute approximate surface area is 127 Å². The van der Waals surface area contributed by atoms with Crippen LogP contribution in [-0.4, -0.2) is 23.1 Å². The summed E-state index contributed by atoms with van der Waals surface area (Å²) in [5.74, 6) is 1.15. The summed E-state index contributed by atoms with van der Waals surface area (Å²) in [5, 5.41) is 16.7. The smallest absolute Gasteiger partial charge is 0.338 e. The standard InChI is InChI=1S/C15H20N2O3S/c1-8(12-7-9-2-3-10(12)6-9)16-15(20)17-13-11(14(18)19)4-5-21-13/h4-5,8-10,12H,2-3,6-7H2,1H3,(H,18,19)(H2,16,17,20). The molecule has 1 heterocycles. The number of carbonyl (C=O) groups is 2. The maximum atomic E-state index is 12.1. The third kappa shape index (κ3) is 2.90. The average Bonchev–Trinajstić information content (AvgIpc) is 3.13. The molecule has 5 nitrogen and oxygen atoms in total. The molecule has 21 heavy (non-hydrogen) atoms. The van der Waals surface area contributed by atoms with Gasteiger partial charge in [-0.05, 0) is 55.4 Å². The fourth-order valence-electron chi connectivity index (χ4n) is 3.93. The van der Waals surface area contributed by atoms with E-state index in [9.17, 15) is 9.59 Å². The molecule has 4 atom stereocenters. The van der Waals surface area contributed by atoms with Crippen LogP contribution in [0, 0.1) is 17.8 Å². The van der Waals surface area contributed by atoms with Crippen LogP contribution in [0.4, 0.5) is 9.80 Å². The molecule has 2 aliphatic rings. The second kappa shape index (κ2) is 5.67. The number of thiophene rings is 1. The first kappa shape index (κ1) is 14.4. The predicted octanol–water partition coefficient (Wildman–Crippen LogP) is 3.39. The topological polar surface area (TPSA) is 78.4 Å². The summed E-state index contributed by atoms with van der Waals surface area (Å²) < 4.78 is 0. The van der Waals surface area contributed by atoms with Gasteiger partial charge in [-0.3, -0.25) is 5.32 Å². The minimum absolute atomic E-state index is 0.133. The summed E-state index contributed by atoms with van der Waals surface area (Å²) in [4.78, 5) is 23.1. The van der Waals surface area contributed by atoms with Gasteiger partial charge in [-0.1, -0.05) is 6.42 Å². The van der Waals surface area contributed by atoms with E-state index in [-0.39, 0.29) is 17.6 Å². The molecule has 2 fully saturated rings. The van der Waals surface area contributed by atoms with E-state index < -0.39 is 5.97 Å². The van der Waals surface area contributed by atoms with Crippen LogP contribution < -0.4 is 10.6 Å². The highest BCUT2D eigenvalue weighted by Gasteiger charge is 2.42. The summed E-state index contributed by atoms with van der Waals surface area (Å²) in [6.07, 6.45) is 5.16. The molecule has 1 aromatic heterocycles. The highest BCUT2D eigenvalue weighted by atomic mass is 32.1. The zero-order valence-electron chi connectivity index (χ0n) is 12.0. The van der Waals surface area contributed by atoms with Gasteiger partial charge in [0.1, 0.15) is 5.00 Å². The number of hydrogen-bond acceptors (Lipinski definition) is 3. The van der Waals surface area contributed by atoms with Crippen LogP contribution in [0.1, 0.15) is 43.0 Å². The van der Waals surface area contributed by atoms with Gasteiger partial charge in [-0.2, -0.15) is 0 Å². The third-order valence-corrected chi connectivity index (χ3v) is 5.75. The molecule has 1 aromatic rings. The first-order valence-electron chi connectivity index (χ1n) is 7.43. The van der Waals surface area contributed by atoms with Crippen LogP contribution in [0.2, 0.25) is 0 Å². The predicted molar refractivity (Wildman–Crippen MR) is 81.8 cm³/mol. The molecule has 2 saturated carbocycles. The zero-order valence-corrected chi connectivity index (χ0v) is 12.8. The van der Waals surface area contributed by atoms with Gasteiger partial charge < -0.3 is 10.4 Å². The SMILES string of the molecule is CC(NC(=O)Nc1sccc1C(=O)O)C1CC2CCC1C2. The summed E-state index contributed by atoms with van der Waals surface area (Å²) in [5.41, 5.74) is 0.141. The molecule has 0 aromatic carbocycles. The lowest BCUT2D eigenvalue weighted by molar-refractivity contribution is 0.0698. The molecule has 2 bridgehead atoms. The molecular formula is C15H20N2O3S. The number of hydrogen-bond donors (Lipinski definition) is 3. The van der Waals surface area contributed by atoms with E-state index in [0.29, 0.717) is 10.9 Å². The van der Waals surface area contributed by atoms with Crippen molar-refractivity contribution in [3.05, 3.63) is 17.0 Å². The van der Waals surface area contributed by atoms with E-state index in [2.05, 4.69) is 17.6 Å². The van der Waals surface area contributed by atoms with Gasteiger partial charge >= 0.3 is 12.0 Å². The maximum absolute atomic E-state index is 12.1. The molecule has 2 amide bonds. The molecular weight excluding hydrogens is 288 g/mol. The fourth-order valence-corrected chi connectivity index (χ4v) is 4.71. The van der Waals surface area contributed by atoms with Crippen LogP contribution in [0.15, 0.2) is 11.4 Å². The Hall–Kier alpha value is -1.56. The quantitative estimate of drug-likeness (QED) is 0.797. The van der Waals surface area contributed by atoms with Gasteiger partial charge in [0.15, 0.2) is 0 Å². The van der Waals surface area contributed by atoms with Crippen molar-refractivity contribution in [3.8, 4) is 0 Å². The van der Waals surface area contributed by atoms with Crippen molar-refractivity contribution in [1.82, 2.24) is 5.32 Å². The van der Waals surface area contributed by atoms with E-state index in [1.54, 1.807) is 5.38 Å². The van der Waals surface area contributed by atoms with Crippen LogP contribution >= 0.6 is 11.3 Å². The van der Waals surface area contributed by atoms with Crippen molar-refractivity contribution in [1.29, 1.82) is 0 Å². The maximum Gasteiger partial charge on any atom is 0.338 e. The number of fused-ring (bicyclic) bond motifs is 2. The molecule has 3 rings (SSSR count). The molecule has 3 N–H and O–H groups in total. The van der Waals surface area contributed by atoms with Crippen LogP contribution in [0.3, 0.4) is 0 Å². The van der Waals surface area contributed by atoms with Gasteiger partial charge in [0.05, 0.1) is 5.56 Å². The highest BCUT2D eigenvalue weighted by molar-refractivity contribution is 7.14. The Morgan fingerprint density at radius 2 is 2.19 bits per heavy atom. The number of amides is 2. The molecule has 4 unspecified atom stereocenters. The lowest BCUT2D eigenvalue weighted by Crippen LogP contribution is -2.42. The summed E-state index contributed by atoms with van der Waals surface area (Å²) >= 11 is 1.22. The largest absolute Gasteiger partial charge is 0.478 e. The minimum Gasteiger partial charge on any atom is -0.478 e. The summed E-state index contributed by atoms with van der Waals surface area (Å²) in [7, 11) is 0. The number of aromatic carboxylic acids is 1. The number of rotatable bonds is 4. The number of urea groups is 1. The Balaban J connectivity index is 1.56.